The summed E-state index contributed by atoms with van der Waals surface area (Å²) in [7, 11) is 0. The smallest absolute Gasteiger partial charge is 0.255 e. The predicted octanol–water partition coefficient (Wildman–Crippen LogP) is 2.57. The third-order valence-electron chi connectivity index (χ3n) is 4.98. The van der Waals surface area contributed by atoms with Crippen LogP contribution in [-0.4, -0.2) is 28.7 Å². The van der Waals surface area contributed by atoms with Crippen LogP contribution in [0.3, 0.4) is 0 Å². The van der Waals surface area contributed by atoms with Crippen LogP contribution < -0.4 is 5.32 Å². The molecular formula is C19H24N2O3. The van der Waals surface area contributed by atoms with Gasteiger partial charge in [0.05, 0.1) is 0 Å². The molecule has 0 aromatic heterocycles. The van der Waals surface area contributed by atoms with E-state index in [4.69, 9.17) is 0 Å². The minimum atomic E-state index is -0.532. The molecule has 2 aliphatic heterocycles. The second kappa shape index (κ2) is 7.16. The first-order valence-corrected chi connectivity index (χ1v) is 8.87. The van der Waals surface area contributed by atoms with E-state index < -0.39 is 6.04 Å². The highest BCUT2D eigenvalue weighted by molar-refractivity contribution is 6.05. The van der Waals surface area contributed by atoms with Gasteiger partial charge in [-0.25, -0.2) is 0 Å². The molecule has 3 rings (SSSR count). The largest absolute Gasteiger partial charge is 0.322 e. The lowest BCUT2D eigenvalue weighted by molar-refractivity contribution is -0.136. The molecule has 0 saturated carbocycles. The summed E-state index contributed by atoms with van der Waals surface area (Å²) < 4.78 is 0. The van der Waals surface area contributed by atoms with Crippen molar-refractivity contribution in [1.29, 1.82) is 0 Å². The van der Waals surface area contributed by atoms with Crippen molar-refractivity contribution in [1.82, 2.24) is 10.2 Å². The third-order valence-corrected chi connectivity index (χ3v) is 4.98. The maximum Gasteiger partial charge on any atom is 0.255 e. The molecule has 128 valence electrons. The lowest BCUT2D eigenvalue weighted by Gasteiger charge is -2.29. The SMILES string of the molecule is CCCCCCc1cccc2c1CN(C1CCC(=O)NC1=O)C2=O. The number of carbonyl (C=O) groups excluding carboxylic acids is 3. The maximum atomic E-state index is 12.7. The van der Waals surface area contributed by atoms with Gasteiger partial charge in [0.15, 0.2) is 0 Å². The van der Waals surface area contributed by atoms with Crippen LogP contribution in [0.15, 0.2) is 18.2 Å². The Labute approximate surface area is 142 Å². The molecule has 5 heteroatoms. The number of amides is 3. The molecule has 3 amide bonds. The van der Waals surface area contributed by atoms with Gasteiger partial charge in [-0.3, -0.25) is 19.7 Å². The van der Waals surface area contributed by atoms with Crippen molar-refractivity contribution < 1.29 is 14.4 Å². The van der Waals surface area contributed by atoms with Crippen LogP contribution in [0.4, 0.5) is 0 Å². The van der Waals surface area contributed by atoms with Gasteiger partial charge in [-0.1, -0.05) is 38.3 Å². The number of fused-ring (bicyclic) bond motifs is 1. The van der Waals surface area contributed by atoms with E-state index in [9.17, 15) is 14.4 Å². The quantitative estimate of drug-likeness (QED) is 0.645. The Morgan fingerprint density at radius 1 is 1.17 bits per heavy atom. The number of benzene rings is 1. The second-order valence-electron chi connectivity index (χ2n) is 6.65. The van der Waals surface area contributed by atoms with Gasteiger partial charge in [0.25, 0.3) is 5.91 Å². The molecular weight excluding hydrogens is 304 g/mol. The van der Waals surface area contributed by atoms with E-state index in [0.29, 0.717) is 24.9 Å². The summed E-state index contributed by atoms with van der Waals surface area (Å²) in [4.78, 5) is 37.8. The summed E-state index contributed by atoms with van der Waals surface area (Å²) in [5.41, 5.74) is 2.99. The Kier molecular flexibility index (Phi) is 4.97. The summed E-state index contributed by atoms with van der Waals surface area (Å²) in [6.07, 6.45) is 6.43. The average Bonchev–Trinajstić information content (AvgIpc) is 2.89. The number of rotatable bonds is 6. The van der Waals surface area contributed by atoms with Gasteiger partial charge >= 0.3 is 0 Å². The Morgan fingerprint density at radius 3 is 2.75 bits per heavy atom. The number of piperidine rings is 1. The van der Waals surface area contributed by atoms with E-state index in [0.717, 1.165) is 18.4 Å². The van der Waals surface area contributed by atoms with E-state index in [-0.39, 0.29) is 17.7 Å². The van der Waals surface area contributed by atoms with Gasteiger partial charge in [-0.15, -0.1) is 0 Å². The number of nitrogens with one attached hydrogen (secondary N) is 1. The number of imide groups is 1. The average molecular weight is 328 g/mol. The van der Waals surface area contributed by atoms with Crippen molar-refractivity contribution in [2.75, 3.05) is 0 Å². The molecule has 1 N–H and O–H groups in total. The minimum absolute atomic E-state index is 0.0880. The van der Waals surface area contributed by atoms with Gasteiger partial charge in [0.2, 0.25) is 11.8 Å². The van der Waals surface area contributed by atoms with Gasteiger partial charge in [0, 0.05) is 18.5 Å². The van der Waals surface area contributed by atoms with E-state index in [2.05, 4.69) is 18.3 Å². The molecule has 0 spiro atoms. The minimum Gasteiger partial charge on any atom is -0.322 e. The highest BCUT2D eigenvalue weighted by Crippen LogP contribution is 2.30. The molecule has 1 unspecified atom stereocenters. The first-order chi connectivity index (χ1) is 11.6. The fourth-order valence-corrected chi connectivity index (χ4v) is 3.63. The zero-order chi connectivity index (χ0) is 17.1. The van der Waals surface area contributed by atoms with Crippen LogP contribution in [0.25, 0.3) is 0 Å². The van der Waals surface area contributed by atoms with Gasteiger partial charge in [-0.05, 0) is 36.5 Å². The zero-order valence-electron chi connectivity index (χ0n) is 14.1. The molecule has 0 bridgehead atoms. The van der Waals surface area contributed by atoms with Crippen LogP contribution in [0.5, 0.6) is 0 Å². The van der Waals surface area contributed by atoms with Crippen molar-refractivity contribution in [2.45, 2.75) is 64.5 Å². The lowest BCUT2D eigenvalue weighted by atomic mass is 9.98. The molecule has 1 atom stereocenters. The summed E-state index contributed by atoms with van der Waals surface area (Å²) in [5.74, 6) is -0.691. The fourth-order valence-electron chi connectivity index (χ4n) is 3.63. The van der Waals surface area contributed by atoms with Crippen LogP contribution in [0.2, 0.25) is 0 Å². The van der Waals surface area contributed by atoms with Crippen molar-refractivity contribution in [3.8, 4) is 0 Å². The molecule has 1 fully saturated rings. The van der Waals surface area contributed by atoms with E-state index >= 15 is 0 Å². The summed E-state index contributed by atoms with van der Waals surface area (Å²) in [5, 5.41) is 2.34. The second-order valence-corrected chi connectivity index (χ2v) is 6.65. The number of unbranched alkanes of at least 4 members (excludes halogenated alkanes) is 3. The Bertz CT molecular complexity index is 669. The molecule has 24 heavy (non-hydrogen) atoms. The van der Waals surface area contributed by atoms with Crippen LogP contribution in [0, 0.1) is 0 Å². The Morgan fingerprint density at radius 2 is 2.00 bits per heavy atom. The molecule has 0 radical (unpaired) electrons. The normalized spacial score (nSPS) is 20.3. The highest BCUT2D eigenvalue weighted by Gasteiger charge is 2.39. The lowest BCUT2D eigenvalue weighted by Crippen LogP contribution is -2.52. The standard InChI is InChI=1S/C19H24N2O3/c1-2-3-4-5-7-13-8-6-9-14-15(13)12-21(19(14)24)16-10-11-17(22)20-18(16)23/h6,8-9,16H,2-5,7,10-12H2,1H3,(H,20,22,23). The van der Waals surface area contributed by atoms with E-state index in [1.807, 2.05) is 12.1 Å². The number of carbonyl (C=O) groups is 3. The molecule has 0 aliphatic carbocycles. The highest BCUT2D eigenvalue weighted by atomic mass is 16.2. The molecule has 5 nitrogen and oxygen atoms in total. The van der Waals surface area contributed by atoms with E-state index in [1.165, 1.54) is 24.8 Å². The van der Waals surface area contributed by atoms with Gasteiger partial charge in [-0.2, -0.15) is 0 Å². The van der Waals surface area contributed by atoms with Gasteiger partial charge in [0.1, 0.15) is 6.04 Å². The predicted molar refractivity (Wildman–Crippen MR) is 90.3 cm³/mol. The zero-order valence-corrected chi connectivity index (χ0v) is 14.1. The maximum absolute atomic E-state index is 12.7. The van der Waals surface area contributed by atoms with Crippen molar-refractivity contribution >= 4 is 17.7 Å². The Hall–Kier alpha value is -2.17. The van der Waals surface area contributed by atoms with Crippen molar-refractivity contribution in [3.63, 3.8) is 0 Å². The first-order valence-electron chi connectivity index (χ1n) is 8.87. The third kappa shape index (κ3) is 3.21. The fraction of sp³-hybridized carbons (Fsp3) is 0.526. The van der Waals surface area contributed by atoms with Gasteiger partial charge < -0.3 is 4.90 Å². The van der Waals surface area contributed by atoms with Crippen LogP contribution in [0.1, 0.15) is 66.9 Å². The molecule has 2 heterocycles. The Balaban J connectivity index is 1.75. The van der Waals surface area contributed by atoms with Crippen molar-refractivity contribution in [3.05, 3.63) is 34.9 Å². The van der Waals surface area contributed by atoms with Crippen LogP contribution in [-0.2, 0) is 22.6 Å². The number of aryl methyl sites for hydroxylation is 1. The number of hydrogen-bond donors (Lipinski definition) is 1. The number of hydrogen-bond acceptors (Lipinski definition) is 3. The molecule has 1 saturated heterocycles. The number of nitrogens with zero attached hydrogens (tertiary/aromatic N) is 1. The van der Waals surface area contributed by atoms with Crippen molar-refractivity contribution in [2.24, 2.45) is 0 Å². The summed E-state index contributed by atoms with van der Waals surface area (Å²) in [6.45, 7) is 2.67. The molecule has 2 aliphatic rings. The first kappa shape index (κ1) is 16.7. The summed E-state index contributed by atoms with van der Waals surface area (Å²) in [6, 6.07) is 5.33. The molecule has 1 aromatic rings. The summed E-state index contributed by atoms with van der Waals surface area (Å²) >= 11 is 0. The van der Waals surface area contributed by atoms with Crippen LogP contribution >= 0.6 is 0 Å². The molecule has 1 aromatic carbocycles. The monoisotopic (exact) mass is 328 g/mol. The van der Waals surface area contributed by atoms with E-state index in [1.54, 1.807) is 4.90 Å². The topological polar surface area (TPSA) is 66.5 Å².